The van der Waals surface area contributed by atoms with Crippen LogP contribution in [0.25, 0.3) is 184 Å². The van der Waals surface area contributed by atoms with Gasteiger partial charge in [-0.2, -0.15) is 10.2 Å². The van der Waals surface area contributed by atoms with Crippen LogP contribution < -0.4 is 0 Å². The van der Waals surface area contributed by atoms with E-state index in [9.17, 15) is 13.2 Å². The highest BCUT2D eigenvalue weighted by molar-refractivity contribution is 7.16. The third-order valence-corrected chi connectivity index (χ3v) is 25.9. The van der Waals surface area contributed by atoms with E-state index in [-0.39, 0.29) is 11.3 Å². The Hall–Kier alpha value is -14.7. The topological polar surface area (TPSA) is 214 Å². The molecule has 19 nitrogen and oxygen atoms in total. The number of rotatable bonds is 12. The van der Waals surface area contributed by atoms with Crippen LogP contribution in [0.15, 0.2) is 366 Å². The maximum Gasteiger partial charge on any atom is 0.161 e. The van der Waals surface area contributed by atoms with E-state index >= 15 is 0 Å². The molecule has 15 aromatic heterocycles. The molecule has 9 aromatic carbocycles. The summed E-state index contributed by atoms with van der Waals surface area (Å²) in [5.41, 5.74) is 28.8. The molecule has 15 heterocycles. The lowest BCUT2D eigenvalue weighted by atomic mass is 9.99. The number of hydrogen-bond donors (Lipinski definition) is 1. The molecule has 0 aliphatic carbocycles. The summed E-state index contributed by atoms with van der Waals surface area (Å²) in [5.74, 6) is -3.24. The van der Waals surface area contributed by atoms with Crippen molar-refractivity contribution in [1.82, 2.24) is 93.0 Å². The molecular formula is C107H64Cl10F3N19S. The minimum absolute atomic E-state index is 0.106. The summed E-state index contributed by atoms with van der Waals surface area (Å²) >= 11 is 64.1. The van der Waals surface area contributed by atoms with Crippen LogP contribution in [0, 0.1) is 17.5 Å². The van der Waals surface area contributed by atoms with Gasteiger partial charge in [-0.05, 0) is 234 Å². The van der Waals surface area contributed by atoms with Crippen LogP contribution in [0.4, 0.5) is 13.2 Å². The second kappa shape index (κ2) is 42.3. The van der Waals surface area contributed by atoms with E-state index < -0.39 is 17.5 Å². The zero-order valence-corrected chi connectivity index (χ0v) is 80.9. The number of thiazole rings is 1. The SMILES string of the molecule is Clc1ccc(Cl)c(-c2ncccc2-c2ccc3nc[nH]c3c2)c1.Clc1ccc(Cl)c(-c2ncccc2-c2ccc3nccn3c2)c1.Clc1ccc(Cl)c(-c2ncccc2-c2ccc3ncsc3c2)c1.Clc1ccc(Cl)c(-c2ncccc2-c2ccn3ncnc3c2)c1.Cn1cnc2ccc(-c3cccnc3-c3cc(Cl)ccc3Cl)cc21.Fc1cc(F)c(-c2ncccc2-c2ccn3ncnc3c2)cc1F. The van der Waals surface area contributed by atoms with Gasteiger partial charge in [-0.1, -0.05) is 171 Å². The molecule has 0 radical (unpaired) electrons. The van der Waals surface area contributed by atoms with Crippen molar-refractivity contribution >= 4 is 177 Å². The maximum absolute atomic E-state index is 14.1. The summed E-state index contributed by atoms with van der Waals surface area (Å²) in [7, 11) is 1.98. The molecule has 140 heavy (non-hydrogen) atoms. The first-order valence-electron chi connectivity index (χ1n) is 42.5. The second-order valence-corrected chi connectivity index (χ2v) is 36.2. The number of aryl methyl sites for hydroxylation is 1. The van der Waals surface area contributed by atoms with Crippen LogP contribution in [0.1, 0.15) is 0 Å². The third-order valence-electron chi connectivity index (χ3n) is 22.3. The van der Waals surface area contributed by atoms with Gasteiger partial charge in [-0.3, -0.25) is 29.9 Å². The van der Waals surface area contributed by atoms with Crippen molar-refractivity contribution in [3.8, 4) is 134 Å². The highest BCUT2D eigenvalue weighted by atomic mass is 35.5. The van der Waals surface area contributed by atoms with E-state index in [0.717, 1.165) is 162 Å². The van der Waals surface area contributed by atoms with E-state index in [1.54, 1.807) is 155 Å². The Morgan fingerprint density at radius 2 is 0.671 bits per heavy atom. The number of H-pyrrole nitrogens is 1. The molecular weight excluding hydrogens is 1990 g/mol. The van der Waals surface area contributed by atoms with Crippen LogP contribution in [-0.4, -0.2) is 93.0 Å². The van der Waals surface area contributed by atoms with Crippen LogP contribution in [-0.2, 0) is 7.05 Å². The zero-order valence-electron chi connectivity index (χ0n) is 72.5. The number of aromatic amines is 1. The molecule has 0 bridgehead atoms. The lowest BCUT2D eigenvalue weighted by molar-refractivity contribution is 0.496. The van der Waals surface area contributed by atoms with E-state index in [2.05, 4.69) is 99.3 Å². The average Bonchev–Trinajstić information content (AvgIpc) is 1.35. The minimum atomic E-state index is -1.24. The lowest BCUT2D eigenvalue weighted by Crippen LogP contribution is -1.96. The van der Waals surface area contributed by atoms with Gasteiger partial charge in [0.1, 0.15) is 24.1 Å². The van der Waals surface area contributed by atoms with Gasteiger partial charge in [-0.15, -0.1) is 11.3 Å². The summed E-state index contributed by atoms with van der Waals surface area (Å²) in [5, 5.41) is 14.4. The molecule has 0 spiro atoms. The first-order valence-corrected chi connectivity index (χ1v) is 47.1. The zero-order chi connectivity index (χ0) is 96.6. The van der Waals surface area contributed by atoms with E-state index in [4.69, 9.17) is 116 Å². The molecule has 0 fully saturated rings. The predicted molar refractivity (Wildman–Crippen MR) is 560 cm³/mol. The molecule has 24 aromatic rings. The molecule has 24 rings (SSSR count). The first kappa shape index (κ1) is 94.3. The van der Waals surface area contributed by atoms with Gasteiger partial charge in [0.2, 0.25) is 0 Å². The summed E-state index contributed by atoms with van der Waals surface area (Å²) in [6.07, 6.45) is 26.0. The fraction of sp³-hybridized carbons (Fsp3) is 0.00935. The summed E-state index contributed by atoms with van der Waals surface area (Å²) in [6.45, 7) is 0. The van der Waals surface area contributed by atoms with Gasteiger partial charge >= 0.3 is 0 Å². The maximum atomic E-state index is 14.1. The molecule has 684 valence electrons. The smallest absolute Gasteiger partial charge is 0.161 e. The van der Waals surface area contributed by atoms with Crippen molar-refractivity contribution in [2.45, 2.75) is 0 Å². The fourth-order valence-corrected chi connectivity index (χ4v) is 18.3. The lowest BCUT2D eigenvalue weighted by Gasteiger charge is -2.11. The molecule has 0 atom stereocenters. The van der Waals surface area contributed by atoms with E-state index in [1.165, 1.54) is 18.9 Å². The highest BCUT2D eigenvalue weighted by Crippen LogP contribution is 2.44. The number of nitrogens with one attached hydrogen (secondary N) is 1. The summed E-state index contributed by atoms with van der Waals surface area (Å²) in [6, 6.07) is 81.4. The Balaban J connectivity index is 0.000000107. The Bertz CT molecular complexity index is 8090. The Morgan fingerprint density at radius 3 is 1.12 bits per heavy atom. The van der Waals surface area contributed by atoms with Gasteiger partial charge < -0.3 is 14.0 Å². The van der Waals surface area contributed by atoms with Crippen LogP contribution in [0.2, 0.25) is 50.2 Å². The van der Waals surface area contributed by atoms with Crippen molar-refractivity contribution in [1.29, 1.82) is 0 Å². The third kappa shape index (κ3) is 20.9. The van der Waals surface area contributed by atoms with Crippen molar-refractivity contribution in [3.05, 3.63) is 434 Å². The molecule has 33 heteroatoms. The molecule has 0 aliphatic heterocycles. The van der Waals surface area contributed by atoms with E-state index in [1.807, 2.05) is 192 Å². The molecule has 0 saturated heterocycles. The standard InChI is InChI=1S/C19H13Cl2N3.2C18H11Cl2N3.C18H10Cl2N2S.C17H10Cl2N4.C17H9F3N4/c1-24-11-23-17-7-4-12(9-18(17)24)14-3-2-8-22-19(14)15-10-13(20)5-6-16(15)21;19-12-4-5-15(20)14(9-12)18-13(2-1-7-21-18)11-3-6-16-17(8-11)23-10-22-16;19-13-4-5-16(20)15(10-13)18-14(2-1-7-22-18)12-3-6-17-21-8-9-23(17)11-12;19-12-4-5-15(20)14(9-12)18-13(2-1-7-21-18)11-3-6-16-17(8-11)23-10-22-16;18-12-3-4-15(19)14(9-12)17-13(2-1-6-20-17)11-5-7-23-16(8-11)21-10-22-23;18-13-8-15(20)14(19)7-12(13)17-11(2-1-4-21-17)10-3-5-24-16(6-10)22-9-23-24/h2-11H,1H3;1-10H,(H,22,23);1-11H;2*1-10H;1-9H. The molecule has 0 amide bonds. The second-order valence-electron chi connectivity index (χ2n) is 31.1. The summed E-state index contributed by atoms with van der Waals surface area (Å²) < 4.78 is 49.3. The van der Waals surface area contributed by atoms with Crippen molar-refractivity contribution in [2.75, 3.05) is 0 Å². The van der Waals surface area contributed by atoms with Crippen molar-refractivity contribution < 1.29 is 13.2 Å². The minimum Gasteiger partial charge on any atom is -0.345 e. The van der Waals surface area contributed by atoms with Crippen molar-refractivity contribution in [2.24, 2.45) is 7.05 Å². The summed E-state index contributed by atoms with van der Waals surface area (Å²) in [4.78, 5) is 55.5. The number of nitrogens with zero attached hydrogens (tertiary/aromatic N) is 18. The quantitative estimate of drug-likeness (QED) is 0.113. The number of aromatic nitrogens is 19. The predicted octanol–water partition coefficient (Wildman–Crippen LogP) is 31.6. The number of benzene rings is 9. The van der Waals surface area contributed by atoms with Gasteiger partial charge in [0, 0.05) is 179 Å². The largest absolute Gasteiger partial charge is 0.345 e. The molecule has 0 saturated carbocycles. The van der Waals surface area contributed by atoms with Crippen molar-refractivity contribution in [3.63, 3.8) is 0 Å². The van der Waals surface area contributed by atoms with Crippen LogP contribution in [0.5, 0.6) is 0 Å². The van der Waals surface area contributed by atoms with E-state index in [0.29, 0.717) is 73.1 Å². The van der Waals surface area contributed by atoms with Gasteiger partial charge in [0.05, 0.1) is 110 Å². The number of imidazole rings is 3. The highest BCUT2D eigenvalue weighted by Gasteiger charge is 2.23. The number of hydrogen-bond acceptors (Lipinski definition) is 15. The Labute approximate surface area is 850 Å². The molecule has 1 N–H and O–H groups in total. The van der Waals surface area contributed by atoms with Crippen LogP contribution >= 0.6 is 127 Å². The van der Waals surface area contributed by atoms with Gasteiger partial charge in [-0.25, -0.2) is 52.1 Å². The number of pyridine rings is 9. The molecule has 0 aliphatic rings. The first-order chi connectivity index (χ1) is 68.1. The average molecular weight is 2060 g/mol. The van der Waals surface area contributed by atoms with Gasteiger partial charge in [0.15, 0.2) is 22.9 Å². The Morgan fingerprint density at radius 1 is 0.286 bits per heavy atom. The van der Waals surface area contributed by atoms with Crippen LogP contribution in [0.3, 0.4) is 0 Å². The monoisotopic (exact) mass is 2050 g/mol. The van der Waals surface area contributed by atoms with Gasteiger partial charge in [0.25, 0.3) is 0 Å². The molecule has 0 unspecified atom stereocenters. The normalized spacial score (nSPS) is 11.1. The number of fused-ring (bicyclic) bond motifs is 6. The fourth-order valence-electron chi connectivity index (χ4n) is 15.7. The number of halogens is 13. The Kier molecular flexibility index (Phi) is 28.5.